The Morgan fingerprint density at radius 1 is 1.36 bits per heavy atom. The number of nitrogens with one attached hydrogen (secondary N) is 3. The van der Waals surface area contributed by atoms with Gasteiger partial charge in [0.15, 0.2) is 0 Å². The molecule has 1 aliphatic rings. The van der Waals surface area contributed by atoms with Crippen LogP contribution in [-0.2, 0) is 4.79 Å². The number of hydrogen-bond acceptors (Lipinski definition) is 2. The first-order chi connectivity index (χ1) is 11.9. The number of anilines is 1. The lowest BCUT2D eigenvalue weighted by atomic mass is 10.0. The number of amides is 2. The van der Waals surface area contributed by atoms with Gasteiger partial charge in [-0.05, 0) is 43.7 Å². The van der Waals surface area contributed by atoms with Crippen LogP contribution in [0.3, 0.4) is 0 Å². The molecule has 0 fully saturated rings. The number of alkyl halides is 1. The zero-order valence-electron chi connectivity index (χ0n) is 13.8. The van der Waals surface area contributed by atoms with E-state index in [2.05, 4.69) is 15.6 Å². The van der Waals surface area contributed by atoms with E-state index < -0.39 is 5.82 Å². The monoisotopic (exact) mass is 361 g/mol. The van der Waals surface area contributed by atoms with E-state index in [9.17, 15) is 14.0 Å². The minimum Gasteiger partial charge on any atom is -0.358 e. The lowest BCUT2D eigenvalue weighted by Gasteiger charge is -2.03. The van der Waals surface area contributed by atoms with Crippen molar-refractivity contribution in [3.63, 3.8) is 0 Å². The Balaban J connectivity index is 2.02. The van der Waals surface area contributed by atoms with Crippen molar-refractivity contribution in [1.82, 2.24) is 10.3 Å². The third kappa shape index (κ3) is 3.17. The zero-order chi connectivity index (χ0) is 18.1. The van der Waals surface area contributed by atoms with Gasteiger partial charge in [-0.25, -0.2) is 4.39 Å². The first-order valence-corrected chi connectivity index (χ1v) is 8.32. The summed E-state index contributed by atoms with van der Waals surface area (Å²) in [6, 6.07) is 4.14. The van der Waals surface area contributed by atoms with Crippen LogP contribution in [0.2, 0.25) is 0 Å². The molecule has 0 unspecified atom stereocenters. The molecular formula is C18H17ClFN3O2. The molecule has 1 aromatic carbocycles. The summed E-state index contributed by atoms with van der Waals surface area (Å²) in [6.45, 7) is 3.95. The van der Waals surface area contributed by atoms with Crippen LogP contribution in [0.5, 0.6) is 0 Å². The van der Waals surface area contributed by atoms with Gasteiger partial charge in [0.25, 0.3) is 11.8 Å². The Hall–Kier alpha value is -2.60. The van der Waals surface area contributed by atoms with Crippen LogP contribution in [0, 0.1) is 19.7 Å². The van der Waals surface area contributed by atoms with E-state index in [1.807, 2.05) is 0 Å². The van der Waals surface area contributed by atoms with E-state index in [1.165, 1.54) is 18.2 Å². The molecule has 0 bridgehead atoms. The summed E-state index contributed by atoms with van der Waals surface area (Å²) in [7, 11) is 0. The van der Waals surface area contributed by atoms with E-state index in [0.29, 0.717) is 46.2 Å². The SMILES string of the molecule is Cc1[nH]c(/C=C2\C(=O)Nc3ccc(F)cc32)c(C)c1C(=O)NCCCl. The third-order valence-electron chi connectivity index (χ3n) is 4.14. The molecule has 0 aliphatic carbocycles. The van der Waals surface area contributed by atoms with Crippen molar-refractivity contribution in [2.24, 2.45) is 0 Å². The summed E-state index contributed by atoms with van der Waals surface area (Å²) >= 11 is 5.60. The van der Waals surface area contributed by atoms with Crippen LogP contribution in [0.4, 0.5) is 10.1 Å². The average Bonchev–Trinajstić information content (AvgIpc) is 3.02. The van der Waals surface area contributed by atoms with Crippen LogP contribution in [0.25, 0.3) is 11.6 Å². The van der Waals surface area contributed by atoms with Crippen LogP contribution in [-0.4, -0.2) is 29.2 Å². The van der Waals surface area contributed by atoms with Gasteiger partial charge in [0.2, 0.25) is 0 Å². The number of aryl methyl sites for hydroxylation is 1. The largest absolute Gasteiger partial charge is 0.358 e. The minimum absolute atomic E-state index is 0.223. The molecule has 2 heterocycles. The normalized spacial score (nSPS) is 14.6. The molecule has 130 valence electrons. The number of halogens is 2. The van der Waals surface area contributed by atoms with Crippen molar-refractivity contribution >= 4 is 40.8 Å². The van der Waals surface area contributed by atoms with Crippen molar-refractivity contribution < 1.29 is 14.0 Å². The van der Waals surface area contributed by atoms with Crippen LogP contribution < -0.4 is 10.6 Å². The molecule has 0 radical (unpaired) electrons. The van der Waals surface area contributed by atoms with Crippen LogP contribution >= 0.6 is 11.6 Å². The maximum absolute atomic E-state index is 13.5. The van der Waals surface area contributed by atoms with Gasteiger partial charge in [0, 0.05) is 35.1 Å². The lowest BCUT2D eigenvalue weighted by Crippen LogP contribution is -2.26. The van der Waals surface area contributed by atoms with E-state index in [4.69, 9.17) is 11.6 Å². The van der Waals surface area contributed by atoms with Gasteiger partial charge in [0.1, 0.15) is 5.82 Å². The van der Waals surface area contributed by atoms with E-state index in [-0.39, 0.29) is 11.8 Å². The van der Waals surface area contributed by atoms with Crippen molar-refractivity contribution in [3.8, 4) is 0 Å². The summed E-state index contributed by atoms with van der Waals surface area (Å²) in [4.78, 5) is 27.6. The number of carbonyl (C=O) groups is 2. The maximum atomic E-state index is 13.5. The Bertz CT molecular complexity index is 902. The third-order valence-corrected chi connectivity index (χ3v) is 4.33. The zero-order valence-corrected chi connectivity index (χ0v) is 14.6. The Morgan fingerprint density at radius 3 is 2.84 bits per heavy atom. The summed E-state index contributed by atoms with van der Waals surface area (Å²) < 4.78 is 13.5. The molecule has 0 saturated heterocycles. The highest BCUT2D eigenvalue weighted by atomic mass is 35.5. The molecule has 1 aromatic heterocycles. The van der Waals surface area contributed by atoms with Crippen LogP contribution in [0.15, 0.2) is 18.2 Å². The van der Waals surface area contributed by atoms with Gasteiger partial charge in [-0.1, -0.05) is 0 Å². The Morgan fingerprint density at radius 2 is 2.12 bits per heavy atom. The number of aromatic amines is 1. The molecular weight excluding hydrogens is 345 g/mol. The highest BCUT2D eigenvalue weighted by molar-refractivity contribution is 6.34. The topological polar surface area (TPSA) is 74.0 Å². The molecule has 2 amide bonds. The minimum atomic E-state index is -0.415. The Labute approximate surface area is 149 Å². The quantitative estimate of drug-likeness (QED) is 0.577. The molecule has 3 N–H and O–H groups in total. The van der Waals surface area contributed by atoms with Crippen molar-refractivity contribution in [3.05, 3.63) is 52.1 Å². The molecule has 0 saturated carbocycles. The first kappa shape index (κ1) is 17.2. The number of H-pyrrole nitrogens is 1. The second-order valence-corrected chi connectivity index (χ2v) is 6.19. The smallest absolute Gasteiger partial charge is 0.256 e. The molecule has 1 aliphatic heterocycles. The van der Waals surface area contributed by atoms with Gasteiger partial charge in [-0.3, -0.25) is 9.59 Å². The fourth-order valence-corrected chi connectivity index (χ4v) is 3.05. The predicted molar refractivity (Wildman–Crippen MR) is 96.2 cm³/mol. The van der Waals surface area contributed by atoms with Gasteiger partial charge in [-0.15, -0.1) is 11.6 Å². The maximum Gasteiger partial charge on any atom is 0.256 e. The van der Waals surface area contributed by atoms with E-state index in [1.54, 1.807) is 19.9 Å². The highest BCUT2D eigenvalue weighted by Crippen LogP contribution is 2.34. The van der Waals surface area contributed by atoms with Crippen molar-refractivity contribution in [2.75, 3.05) is 17.7 Å². The fourth-order valence-electron chi connectivity index (χ4n) is 2.96. The summed E-state index contributed by atoms with van der Waals surface area (Å²) in [5.41, 5.74) is 3.99. The second kappa shape index (κ2) is 6.72. The first-order valence-electron chi connectivity index (χ1n) is 7.78. The number of carbonyl (C=O) groups excluding carboxylic acids is 2. The van der Waals surface area contributed by atoms with Gasteiger partial charge in [-0.2, -0.15) is 0 Å². The summed E-state index contributed by atoms with van der Waals surface area (Å²) in [5.74, 6) is -0.617. The Kier molecular flexibility index (Phi) is 4.63. The molecule has 2 aromatic rings. The van der Waals surface area contributed by atoms with Gasteiger partial charge < -0.3 is 15.6 Å². The number of rotatable bonds is 4. The number of aromatic nitrogens is 1. The number of hydrogen-bond donors (Lipinski definition) is 3. The molecule has 0 atom stereocenters. The molecule has 7 heteroatoms. The van der Waals surface area contributed by atoms with E-state index >= 15 is 0 Å². The highest BCUT2D eigenvalue weighted by Gasteiger charge is 2.26. The number of benzene rings is 1. The van der Waals surface area contributed by atoms with Crippen molar-refractivity contribution in [1.29, 1.82) is 0 Å². The summed E-state index contributed by atoms with van der Waals surface area (Å²) in [6.07, 6.45) is 1.64. The number of fused-ring (bicyclic) bond motifs is 1. The van der Waals surface area contributed by atoms with Crippen LogP contribution in [0.1, 0.15) is 32.9 Å². The second-order valence-electron chi connectivity index (χ2n) is 5.81. The predicted octanol–water partition coefficient (Wildman–Crippen LogP) is 3.23. The van der Waals surface area contributed by atoms with Gasteiger partial charge >= 0.3 is 0 Å². The fraction of sp³-hybridized carbons (Fsp3) is 0.222. The molecule has 25 heavy (non-hydrogen) atoms. The molecule has 0 spiro atoms. The van der Waals surface area contributed by atoms with Gasteiger partial charge in [0.05, 0.1) is 11.1 Å². The van der Waals surface area contributed by atoms with E-state index in [0.717, 1.165) is 5.56 Å². The van der Waals surface area contributed by atoms with Crippen molar-refractivity contribution in [2.45, 2.75) is 13.8 Å². The molecule has 5 nitrogen and oxygen atoms in total. The summed E-state index contributed by atoms with van der Waals surface area (Å²) in [5, 5.41) is 5.43. The lowest BCUT2D eigenvalue weighted by molar-refractivity contribution is -0.110. The standard InChI is InChI=1S/C18H17ClFN3O2/c1-9-15(22-10(2)16(9)18(25)21-6-5-19)8-13-12-7-11(20)3-4-14(12)23-17(13)24/h3-4,7-8,22H,5-6H2,1-2H3,(H,21,25)(H,23,24)/b13-8-. The average molecular weight is 362 g/mol. The molecule has 3 rings (SSSR count).